The highest BCUT2D eigenvalue weighted by Gasteiger charge is 2.19. The number of allylic oxidation sites excluding steroid dienone is 1. The monoisotopic (exact) mass is 254 g/mol. The van der Waals surface area contributed by atoms with Gasteiger partial charge in [0.25, 0.3) is 0 Å². The van der Waals surface area contributed by atoms with Crippen LogP contribution in [0.25, 0.3) is 16.8 Å². The van der Waals surface area contributed by atoms with Gasteiger partial charge in [0.05, 0.1) is 0 Å². The van der Waals surface area contributed by atoms with E-state index in [1.807, 2.05) is 23.9 Å². The fourth-order valence-electron chi connectivity index (χ4n) is 2.55. The van der Waals surface area contributed by atoms with E-state index in [4.69, 9.17) is 0 Å². The third kappa shape index (κ3) is 1.81. The van der Waals surface area contributed by atoms with Crippen LogP contribution < -0.4 is 0 Å². The van der Waals surface area contributed by atoms with E-state index in [2.05, 4.69) is 37.0 Å². The normalized spacial score (nSPS) is 17.3. The van der Waals surface area contributed by atoms with Crippen LogP contribution in [0.1, 0.15) is 24.0 Å². The Labute approximate surface area is 112 Å². The van der Waals surface area contributed by atoms with Gasteiger partial charge in [0.2, 0.25) is 0 Å². The van der Waals surface area contributed by atoms with E-state index in [9.17, 15) is 5.11 Å². The van der Waals surface area contributed by atoms with Crippen molar-refractivity contribution in [1.29, 1.82) is 0 Å². The van der Waals surface area contributed by atoms with Crippen molar-refractivity contribution in [2.75, 3.05) is 5.75 Å². The molecular formula is C16H14OS. The highest BCUT2D eigenvalue weighted by Crippen LogP contribution is 2.40. The van der Waals surface area contributed by atoms with Gasteiger partial charge in [0, 0.05) is 23.0 Å². The predicted octanol–water partition coefficient (Wildman–Crippen LogP) is 5.01. The summed E-state index contributed by atoms with van der Waals surface area (Å²) < 4.78 is 0. The Balaban J connectivity index is 2.18. The molecule has 1 atom stereocenters. The van der Waals surface area contributed by atoms with Gasteiger partial charge >= 0.3 is 0 Å². The molecule has 0 aliphatic heterocycles. The molecule has 0 saturated carbocycles. The first-order valence-electron chi connectivity index (χ1n) is 6.11. The van der Waals surface area contributed by atoms with Crippen molar-refractivity contribution in [3.8, 4) is 5.75 Å². The summed E-state index contributed by atoms with van der Waals surface area (Å²) in [5, 5.41) is 14.2. The second-order valence-corrected chi connectivity index (χ2v) is 5.60. The van der Waals surface area contributed by atoms with Gasteiger partial charge < -0.3 is 0 Å². The molecule has 18 heavy (non-hydrogen) atoms. The minimum atomic E-state index is 0.124. The summed E-state index contributed by atoms with van der Waals surface area (Å²) >= 11 is 1.82. The maximum absolute atomic E-state index is 11.9. The lowest BCUT2D eigenvalue weighted by Gasteiger charge is -2.21. The molecule has 0 N–H and O–H groups in total. The molecule has 2 aromatic rings. The molecule has 90 valence electrons. The average molecular weight is 254 g/mol. The Morgan fingerprint density at radius 1 is 1.28 bits per heavy atom. The van der Waals surface area contributed by atoms with Crippen LogP contribution in [0.15, 0.2) is 36.4 Å². The zero-order valence-electron chi connectivity index (χ0n) is 10.2. The van der Waals surface area contributed by atoms with Crippen LogP contribution in [0.5, 0.6) is 5.75 Å². The molecule has 1 aliphatic rings. The minimum Gasteiger partial charge on any atom is -0.289 e. The van der Waals surface area contributed by atoms with Crippen LogP contribution in [0, 0.1) is 5.75 Å². The average Bonchev–Trinajstić information content (AvgIpc) is 2.41. The molecule has 2 radical (unpaired) electrons. The van der Waals surface area contributed by atoms with Crippen LogP contribution in [0.4, 0.5) is 0 Å². The van der Waals surface area contributed by atoms with Crippen molar-refractivity contribution >= 4 is 28.6 Å². The van der Waals surface area contributed by atoms with Crippen molar-refractivity contribution in [3.63, 3.8) is 0 Å². The molecule has 0 aromatic heterocycles. The zero-order chi connectivity index (χ0) is 12.5. The fraction of sp³-hybridized carbons (Fsp3) is 0.188. The van der Waals surface area contributed by atoms with Crippen molar-refractivity contribution < 1.29 is 5.11 Å². The second kappa shape index (κ2) is 4.69. The Bertz CT molecular complexity index is 616. The number of benzene rings is 2. The van der Waals surface area contributed by atoms with Gasteiger partial charge in [-0.25, -0.2) is 0 Å². The second-order valence-electron chi connectivity index (χ2n) is 4.46. The number of hydrogen-bond acceptors (Lipinski definition) is 1. The Morgan fingerprint density at radius 3 is 3.00 bits per heavy atom. The smallest absolute Gasteiger partial charge is 0.186 e. The summed E-state index contributed by atoms with van der Waals surface area (Å²) in [6.45, 7) is 2.06. The molecule has 1 unspecified atom stereocenters. The number of rotatable bonds is 3. The maximum atomic E-state index is 11.9. The van der Waals surface area contributed by atoms with Gasteiger partial charge in [-0.1, -0.05) is 43.3 Å². The van der Waals surface area contributed by atoms with Gasteiger partial charge in [-0.3, -0.25) is 5.11 Å². The summed E-state index contributed by atoms with van der Waals surface area (Å²) in [5.74, 6) is 3.69. The van der Waals surface area contributed by atoms with Crippen LogP contribution in [0.2, 0.25) is 0 Å². The number of hydrogen-bond donors (Lipinski definition) is 0. The zero-order valence-corrected chi connectivity index (χ0v) is 11.0. The summed E-state index contributed by atoms with van der Waals surface area (Å²) in [7, 11) is 0. The predicted molar refractivity (Wildman–Crippen MR) is 78.3 cm³/mol. The molecule has 0 spiro atoms. The van der Waals surface area contributed by atoms with Crippen LogP contribution in [-0.2, 0) is 5.11 Å². The van der Waals surface area contributed by atoms with E-state index in [0.29, 0.717) is 5.92 Å². The minimum absolute atomic E-state index is 0.124. The molecule has 3 rings (SSSR count). The molecule has 0 amide bonds. The molecule has 0 fully saturated rings. The molecule has 0 saturated heterocycles. The Kier molecular flexibility index (Phi) is 3.04. The quantitative estimate of drug-likeness (QED) is 0.753. The summed E-state index contributed by atoms with van der Waals surface area (Å²) in [6.07, 6.45) is 4.16. The lowest BCUT2D eigenvalue weighted by molar-refractivity contribution is 0.354. The molecular weight excluding hydrogens is 240 g/mol. The third-order valence-electron chi connectivity index (χ3n) is 3.42. The first kappa shape index (κ1) is 11.7. The van der Waals surface area contributed by atoms with Crippen LogP contribution >= 0.6 is 11.8 Å². The molecule has 2 aromatic carbocycles. The fourth-order valence-corrected chi connectivity index (χ4v) is 3.24. The van der Waals surface area contributed by atoms with E-state index in [0.717, 1.165) is 16.7 Å². The molecule has 0 heterocycles. The Morgan fingerprint density at radius 2 is 2.17 bits per heavy atom. The Hall–Kier alpha value is -1.41. The van der Waals surface area contributed by atoms with Gasteiger partial charge in [-0.2, -0.15) is 11.8 Å². The van der Waals surface area contributed by atoms with Crippen molar-refractivity contribution in [1.82, 2.24) is 0 Å². The van der Waals surface area contributed by atoms with E-state index >= 15 is 0 Å². The third-order valence-corrected chi connectivity index (χ3v) is 4.30. The van der Waals surface area contributed by atoms with E-state index in [1.165, 1.54) is 10.9 Å². The maximum Gasteiger partial charge on any atom is 0.186 e. The lowest BCUT2D eigenvalue weighted by Crippen LogP contribution is -2.03. The highest BCUT2D eigenvalue weighted by molar-refractivity contribution is 8.01. The van der Waals surface area contributed by atoms with Gasteiger partial charge in [0.1, 0.15) is 0 Å². The number of thioether (sulfide) groups is 1. The summed E-state index contributed by atoms with van der Waals surface area (Å²) in [5.41, 5.74) is 2.14. The molecule has 0 bridgehead atoms. The standard InChI is InChI=1S/C16H14OS/c1-2-18-10-12-6-8-14-15(17)9-7-11-4-3-5-13(12)16(11)14/h2-9,12H,10H2,1H3. The van der Waals surface area contributed by atoms with Gasteiger partial charge in [0.15, 0.2) is 5.75 Å². The van der Waals surface area contributed by atoms with Crippen molar-refractivity contribution in [3.05, 3.63) is 53.3 Å². The van der Waals surface area contributed by atoms with Gasteiger partial charge in [-0.15, -0.1) is 0 Å². The van der Waals surface area contributed by atoms with Crippen LogP contribution in [0.3, 0.4) is 0 Å². The summed E-state index contributed by atoms with van der Waals surface area (Å²) in [6, 6.07) is 9.91. The lowest BCUT2D eigenvalue weighted by atomic mass is 9.86. The molecule has 1 aliphatic carbocycles. The van der Waals surface area contributed by atoms with Crippen molar-refractivity contribution in [2.45, 2.75) is 12.8 Å². The first-order valence-corrected chi connectivity index (χ1v) is 7.16. The van der Waals surface area contributed by atoms with E-state index in [1.54, 1.807) is 6.07 Å². The topological polar surface area (TPSA) is 19.9 Å². The first-order chi connectivity index (χ1) is 8.81. The largest absolute Gasteiger partial charge is 0.289 e. The van der Waals surface area contributed by atoms with Gasteiger partial charge in [-0.05, 0) is 22.4 Å². The van der Waals surface area contributed by atoms with Crippen LogP contribution in [-0.4, -0.2) is 5.75 Å². The van der Waals surface area contributed by atoms with E-state index < -0.39 is 0 Å². The van der Waals surface area contributed by atoms with E-state index in [-0.39, 0.29) is 5.75 Å². The molecule has 1 nitrogen and oxygen atoms in total. The highest BCUT2D eigenvalue weighted by atomic mass is 32.2. The SMILES string of the molecule is C[CH]SCC1C=Cc2c([O])ccc3cccc1c23. The van der Waals surface area contributed by atoms with Crippen molar-refractivity contribution in [2.24, 2.45) is 0 Å². The summed E-state index contributed by atoms with van der Waals surface area (Å²) in [4.78, 5) is 0. The molecule has 2 heteroatoms.